The number of hydrogen-bond donors (Lipinski definition) is 1. The fraction of sp³-hybridized carbons (Fsp3) is 0.133. The molecule has 13 nitrogen and oxygen atoms in total. The van der Waals surface area contributed by atoms with Gasteiger partial charge in [-0.25, -0.2) is 29.8 Å². The second-order valence-corrected chi connectivity index (χ2v) is 17.0. The molecule has 0 aliphatic rings. The van der Waals surface area contributed by atoms with Crippen LogP contribution in [0.15, 0.2) is 58.9 Å². The van der Waals surface area contributed by atoms with Gasteiger partial charge in [0.2, 0.25) is 0 Å². The highest BCUT2D eigenvalue weighted by Crippen LogP contribution is 2.44. The van der Waals surface area contributed by atoms with Crippen molar-refractivity contribution in [3.05, 3.63) is 98.4 Å². The third kappa shape index (κ3) is 10.0. The molecule has 0 saturated heterocycles. The lowest BCUT2D eigenvalue weighted by Crippen LogP contribution is -2.23. The molecule has 0 aliphatic heterocycles. The van der Waals surface area contributed by atoms with E-state index in [2.05, 4.69) is 137 Å². The van der Waals surface area contributed by atoms with Gasteiger partial charge in [-0.3, -0.25) is 4.55 Å². The minimum Gasteiger partial charge on any atom is -0.491 e. The lowest BCUT2D eigenvalue weighted by Gasteiger charge is -2.15. The van der Waals surface area contributed by atoms with Crippen LogP contribution in [0.2, 0.25) is 0 Å². The molecule has 3 aromatic rings. The molecular weight excluding hydrogens is 1230 g/mol. The van der Waals surface area contributed by atoms with E-state index < -0.39 is 57.1 Å². The number of rotatable bonds is 11. The van der Waals surface area contributed by atoms with Crippen molar-refractivity contribution in [2.75, 3.05) is 26.4 Å². The smallest absolute Gasteiger partial charge is 0.340 e. The van der Waals surface area contributed by atoms with Gasteiger partial charge in [0.1, 0.15) is 42.8 Å². The molecule has 0 saturated carbocycles. The number of halogens is 8. The van der Waals surface area contributed by atoms with Crippen molar-refractivity contribution in [2.24, 2.45) is 0 Å². The molecule has 0 fully saturated rings. The Kier molecular flexibility index (Phi) is 16.4. The minimum atomic E-state index is -4.94. The van der Waals surface area contributed by atoms with Gasteiger partial charge in [-0.15, -0.1) is 0 Å². The first kappa shape index (κ1) is 44.0. The standard InChI is InChI=1S/C30H12Br8N4O9S/c1-41-16(10-39)12-9-19(49-4-6-51-30(44)20-23(34)25(36)26(37)27(38)28(20)52(45,46)47)13(17(11-40)42-2)8-18(12)48-3-5-50-29(43)14-7-15(31)22(33)24(35)21(14)32/h7-9H,3-6H2,(H,45,46,47)/b16-12-,17-13+. The fourth-order valence-corrected chi connectivity index (χ4v) is 10.0. The Balaban J connectivity index is 1.91. The van der Waals surface area contributed by atoms with Gasteiger partial charge in [-0.2, -0.15) is 8.42 Å². The first-order chi connectivity index (χ1) is 24.4. The molecule has 0 spiro atoms. The molecule has 22 heteroatoms. The molecule has 3 rings (SSSR count). The SMILES string of the molecule is [C-]#[N+]/C(C#N)=c1/cc(OCCOC(=O)c2c(Br)c(Br)c(Br)c(Br)c2S(=O)(=O)O)/c(=C(\C#N)[N+]#[C-])cc1OCCOC(=O)c1cc(Br)c(Br)c(Br)c1Br. The molecule has 0 radical (unpaired) electrons. The summed E-state index contributed by atoms with van der Waals surface area (Å²) in [5.41, 5.74) is -1.25. The zero-order valence-electron chi connectivity index (χ0n) is 25.0. The van der Waals surface area contributed by atoms with Gasteiger partial charge in [0, 0.05) is 41.7 Å². The second kappa shape index (κ2) is 19.3. The largest absolute Gasteiger partial charge is 0.491 e. The predicted octanol–water partition coefficient (Wildman–Crippen LogP) is 8.61. The Morgan fingerprint density at radius 3 is 1.56 bits per heavy atom. The van der Waals surface area contributed by atoms with Crippen molar-refractivity contribution in [2.45, 2.75) is 4.90 Å². The van der Waals surface area contributed by atoms with E-state index in [4.69, 9.17) is 32.1 Å². The number of hydrogen-bond acceptors (Lipinski definition) is 10. The zero-order valence-corrected chi connectivity index (χ0v) is 38.5. The van der Waals surface area contributed by atoms with Crippen molar-refractivity contribution in [3.8, 4) is 23.6 Å². The van der Waals surface area contributed by atoms with Gasteiger partial charge in [-0.05, 0) is 146 Å². The van der Waals surface area contributed by atoms with Crippen LogP contribution in [0.1, 0.15) is 20.7 Å². The number of benzene rings is 3. The molecule has 0 amide bonds. The van der Waals surface area contributed by atoms with E-state index in [0.29, 0.717) is 17.9 Å². The molecule has 0 aliphatic carbocycles. The van der Waals surface area contributed by atoms with Gasteiger partial charge in [0.05, 0.1) is 40.9 Å². The van der Waals surface area contributed by atoms with Crippen LogP contribution in [0.25, 0.3) is 21.1 Å². The van der Waals surface area contributed by atoms with Crippen LogP contribution in [0.4, 0.5) is 0 Å². The van der Waals surface area contributed by atoms with Gasteiger partial charge in [-0.1, -0.05) is 0 Å². The minimum absolute atomic E-state index is 0.0511. The Bertz CT molecular complexity index is 2400. The molecular formula is C30H12Br8N4O9S. The summed E-state index contributed by atoms with van der Waals surface area (Å²) >= 11 is 25.9. The Hall–Kier alpha value is -2.35. The number of nitriles is 2. The van der Waals surface area contributed by atoms with Gasteiger partial charge < -0.3 is 18.9 Å². The predicted molar refractivity (Wildman–Crippen MR) is 213 cm³/mol. The third-order valence-corrected chi connectivity index (χ3v) is 16.8. The number of nitrogens with zero attached hydrogens (tertiary/aromatic N) is 4. The molecule has 0 atom stereocenters. The summed E-state index contributed by atoms with van der Waals surface area (Å²) in [5, 5.41) is 19.1. The van der Waals surface area contributed by atoms with Crippen LogP contribution in [0.5, 0.6) is 11.5 Å². The van der Waals surface area contributed by atoms with E-state index in [-0.39, 0.29) is 58.6 Å². The van der Waals surface area contributed by atoms with E-state index in [1.807, 2.05) is 0 Å². The summed E-state index contributed by atoms with van der Waals surface area (Å²) in [5.74, 6) is -2.15. The average Bonchev–Trinajstić information content (AvgIpc) is 3.10. The van der Waals surface area contributed by atoms with Crippen molar-refractivity contribution in [1.82, 2.24) is 0 Å². The van der Waals surface area contributed by atoms with Crippen LogP contribution in [0, 0.1) is 35.8 Å². The molecule has 0 unspecified atom stereocenters. The number of carbonyl (C=O) groups excluding carboxylic acids is 2. The summed E-state index contributed by atoms with van der Waals surface area (Å²) in [4.78, 5) is 31.5. The van der Waals surface area contributed by atoms with Crippen LogP contribution in [-0.2, 0) is 19.6 Å². The van der Waals surface area contributed by atoms with Gasteiger partial charge >= 0.3 is 11.9 Å². The van der Waals surface area contributed by atoms with Crippen molar-refractivity contribution in [3.63, 3.8) is 0 Å². The fourth-order valence-electron chi connectivity index (χ4n) is 3.94. The van der Waals surface area contributed by atoms with Crippen LogP contribution in [0.3, 0.4) is 0 Å². The summed E-state index contributed by atoms with van der Waals surface area (Å²) in [6.07, 6.45) is 0. The second-order valence-electron chi connectivity index (χ2n) is 9.24. The van der Waals surface area contributed by atoms with Gasteiger partial charge in [0.25, 0.3) is 21.5 Å². The highest BCUT2D eigenvalue weighted by molar-refractivity contribution is 9.15. The van der Waals surface area contributed by atoms with Gasteiger partial charge in [0.15, 0.2) is 0 Å². The number of ether oxygens (including phenoxy) is 4. The molecule has 0 bridgehead atoms. The van der Waals surface area contributed by atoms with Crippen LogP contribution >= 0.6 is 127 Å². The maximum absolute atomic E-state index is 13.0. The summed E-state index contributed by atoms with van der Waals surface area (Å²) < 4.78 is 58.6. The topological polar surface area (TPSA) is 182 Å². The maximum atomic E-state index is 13.0. The molecule has 52 heavy (non-hydrogen) atoms. The quantitative estimate of drug-likeness (QED) is 0.0485. The van der Waals surface area contributed by atoms with E-state index >= 15 is 0 Å². The normalized spacial score (nSPS) is 11.9. The Labute approximate surface area is 362 Å². The van der Waals surface area contributed by atoms with E-state index in [0.717, 1.165) is 0 Å². The lowest BCUT2D eigenvalue weighted by atomic mass is 10.1. The average molecular weight is 1240 g/mol. The van der Waals surface area contributed by atoms with Crippen molar-refractivity contribution < 1.29 is 41.5 Å². The van der Waals surface area contributed by atoms with Crippen LogP contribution < -0.4 is 19.9 Å². The maximum Gasteiger partial charge on any atom is 0.340 e. The molecule has 268 valence electrons. The van der Waals surface area contributed by atoms with E-state index in [9.17, 15) is 33.1 Å². The summed E-state index contributed by atoms with van der Waals surface area (Å²) in [6.45, 7) is 13.4. The Morgan fingerprint density at radius 1 is 0.673 bits per heavy atom. The number of carbonyl (C=O) groups is 2. The molecule has 0 heterocycles. The molecule has 1 N–H and O–H groups in total. The van der Waals surface area contributed by atoms with Crippen molar-refractivity contribution in [1.29, 1.82) is 10.5 Å². The van der Waals surface area contributed by atoms with E-state index in [1.165, 1.54) is 18.2 Å². The monoisotopic (exact) mass is 1240 g/mol. The molecule has 0 aromatic heterocycles. The first-order valence-corrected chi connectivity index (χ1v) is 21.0. The Morgan fingerprint density at radius 2 is 1.12 bits per heavy atom. The lowest BCUT2D eigenvalue weighted by molar-refractivity contribution is 0.0436. The van der Waals surface area contributed by atoms with Crippen molar-refractivity contribution >= 4 is 161 Å². The summed E-state index contributed by atoms with van der Waals surface area (Å²) in [6, 6.07) is 7.38. The highest BCUT2D eigenvalue weighted by Gasteiger charge is 2.31. The number of esters is 2. The highest BCUT2D eigenvalue weighted by atomic mass is 79.9. The zero-order chi connectivity index (χ0) is 39.1. The third-order valence-electron chi connectivity index (χ3n) is 6.18. The molecule has 3 aromatic carbocycles. The summed E-state index contributed by atoms with van der Waals surface area (Å²) in [7, 11) is -4.94. The van der Waals surface area contributed by atoms with Crippen LogP contribution in [-0.4, -0.2) is 51.3 Å². The first-order valence-electron chi connectivity index (χ1n) is 13.2. The van der Waals surface area contributed by atoms with E-state index in [1.54, 1.807) is 12.1 Å².